The number of carbonyl (C=O) groups excluding carboxylic acids is 1. The first kappa shape index (κ1) is 19.4. The number of nitrogens with zero attached hydrogens (tertiary/aromatic N) is 1. The summed E-state index contributed by atoms with van der Waals surface area (Å²) in [5.74, 6) is 0. The van der Waals surface area contributed by atoms with Crippen LogP contribution in [0, 0.1) is 0 Å². The van der Waals surface area contributed by atoms with Crippen molar-refractivity contribution in [1.82, 2.24) is 0 Å². The molecule has 0 atom stereocenters. The number of benzene rings is 3. The summed E-state index contributed by atoms with van der Waals surface area (Å²) >= 11 is 0. The number of sulfonamides is 1. The molecule has 0 saturated carbocycles. The molecule has 144 valence electrons. The Morgan fingerprint density at radius 1 is 0.821 bits per heavy atom. The number of hydrogen-bond acceptors (Lipinski definition) is 3. The lowest BCUT2D eigenvalue weighted by Crippen LogP contribution is -2.34. The molecule has 0 fully saturated rings. The molecule has 0 aliphatic carbocycles. The summed E-state index contributed by atoms with van der Waals surface area (Å²) in [5, 5.41) is 2.86. The van der Waals surface area contributed by atoms with Crippen LogP contribution in [0.1, 0.15) is 5.56 Å². The lowest BCUT2D eigenvalue weighted by Gasteiger charge is -2.23. The average Bonchev–Trinajstić information content (AvgIpc) is 2.68. The van der Waals surface area contributed by atoms with E-state index in [1.807, 2.05) is 60.7 Å². The van der Waals surface area contributed by atoms with Gasteiger partial charge in [-0.2, -0.15) is 0 Å². The van der Waals surface area contributed by atoms with Crippen LogP contribution >= 0.6 is 0 Å². The fourth-order valence-corrected chi connectivity index (χ4v) is 3.25. The molecule has 3 aromatic carbocycles. The first-order valence-electron chi connectivity index (χ1n) is 8.66. The highest BCUT2D eigenvalue weighted by atomic mass is 32.2. The summed E-state index contributed by atoms with van der Waals surface area (Å²) < 4.78 is 25.0. The van der Waals surface area contributed by atoms with Crippen LogP contribution in [-0.4, -0.2) is 20.7 Å². The van der Waals surface area contributed by atoms with Gasteiger partial charge in [-0.3, -0.25) is 9.62 Å². The van der Waals surface area contributed by atoms with Gasteiger partial charge in [0, 0.05) is 17.1 Å². The highest BCUT2D eigenvalue weighted by Crippen LogP contribution is 2.20. The number of hydrogen-bond donors (Lipinski definition) is 2. The van der Waals surface area contributed by atoms with Gasteiger partial charge < -0.3 is 5.32 Å². The molecule has 0 spiro atoms. The average molecular weight is 395 g/mol. The first-order chi connectivity index (χ1) is 13.4. The molecular formula is C21H21N3O3S. The number of para-hydroxylation sites is 1. The van der Waals surface area contributed by atoms with Crippen molar-refractivity contribution in [2.45, 2.75) is 6.54 Å². The van der Waals surface area contributed by atoms with Gasteiger partial charge in [0.2, 0.25) is 10.0 Å². The van der Waals surface area contributed by atoms with E-state index in [9.17, 15) is 13.2 Å². The highest BCUT2D eigenvalue weighted by molar-refractivity contribution is 7.92. The third-order valence-electron chi connectivity index (χ3n) is 3.94. The van der Waals surface area contributed by atoms with Crippen LogP contribution in [0.25, 0.3) is 0 Å². The van der Waals surface area contributed by atoms with E-state index in [4.69, 9.17) is 0 Å². The van der Waals surface area contributed by atoms with Gasteiger partial charge >= 0.3 is 6.03 Å². The number of carbonyl (C=O) groups is 1. The smallest absolute Gasteiger partial charge is 0.308 e. The molecule has 0 saturated heterocycles. The highest BCUT2D eigenvalue weighted by Gasteiger charge is 2.16. The molecule has 3 aromatic rings. The second kappa shape index (κ2) is 8.58. The van der Waals surface area contributed by atoms with E-state index in [0.29, 0.717) is 17.9 Å². The maximum absolute atomic E-state index is 12.9. The summed E-state index contributed by atoms with van der Waals surface area (Å²) in [6.45, 7) is 0.421. The van der Waals surface area contributed by atoms with Crippen molar-refractivity contribution in [3.63, 3.8) is 0 Å². The Morgan fingerprint density at radius 2 is 1.36 bits per heavy atom. The number of urea groups is 1. The molecule has 0 aromatic heterocycles. The van der Waals surface area contributed by atoms with Crippen molar-refractivity contribution in [2.24, 2.45) is 0 Å². The molecule has 3 rings (SSSR count). The predicted octanol–water partition coefficient (Wildman–Crippen LogP) is 4.30. The lowest BCUT2D eigenvalue weighted by molar-refractivity contribution is 0.256. The standard InChI is InChI=1S/C21H21N3O3S/c1-28(26,27)23-19-14-12-18(13-15-19)22-21(25)24(20-10-6-3-7-11-20)16-17-8-4-2-5-9-17/h2-15,23H,16H2,1H3,(H,22,25). The molecular weight excluding hydrogens is 374 g/mol. The zero-order valence-corrected chi connectivity index (χ0v) is 16.2. The Kier molecular flexibility index (Phi) is 5.96. The topological polar surface area (TPSA) is 78.5 Å². The number of anilines is 3. The molecule has 0 unspecified atom stereocenters. The van der Waals surface area contributed by atoms with Crippen molar-refractivity contribution in [1.29, 1.82) is 0 Å². The van der Waals surface area contributed by atoms with E-state index in [0.717, 1.165) is 17.5 Å². The quantitative estimate of drug-likeness (QED) is 0.653. The van der Waals surface area contributed by atoms with Gasteiger partial charge in [0.15, 0.2) is 0 Å². The van der Waals surface area contributed by atoms with E-state index < -0.39 is 10.0 Å². The van der Waals surface area contributed by atoms with Crippen molar-refractivity contribution >= 4 is 33.1 Å². The molecule has 0 bridgehead atoms. The second-order valence-electron chi connectivity index (χ2n) is 6.29. The van der Waals surface area contributed by atoms with E-state index in [1.165, 1.54) is 0 Å². The molecule has 28 heavy (non-hydrogen) atoms. The fourth-order valence-electron chi connectivity index (χ4n) is 2.68. The van der Waals surface area contributed by atoms with Gasteiger partial charge in [-0.25, -0.2) is 13.2 Å². The van der Waals surface area contributed by atoms with Gasteiger partial charge in [-0.15, -0.1) is 0 Å². The minimum atomic E-state index is -3.34. The van der Waals surface area contributed by atoms with Crippen molar-refractivity contribution in [3.8, 4) is 0 Å². The van der Waals surface area contributed by atoms with Crippen molar-refractivity contribution in [2.75, 3.05) is 21.2 Å². The molecule has 0 heterocycles. The maximum atomic E-state index is 12.9. The van der Waals surface area contributed by atoms with Crippen LogP contribution in [0.4, 0.5) is 21.9 Å². The van der Waals surface area contributed by atoms with Crippen LogP contribution in [0.15, 0.2) is 84.9 Å². The Hall–Kier alpha value is -3.32. The fraction of sp³-hybridized carbons (Fsp3) is 0.0952. The third kappa shape index (κ3) is 5.59. The number of rotatable bonds is 6. The third-order valence-corrected chi connectivity index (χ3v) is 4.54. The Bertz CT molecular complexity index is 1020. The molecule has 7 heteroatoms. The second-order valence-corrected chi connectivity index (χ2v) is 8.04. The van der Waals surface area contributed by atoms with E-state index in [2.05, 4.69) is 10.0 Å². The minimum Gasteiger partial charge on any atom is -0.308 e. The zero-order chi connectivity index (χ0) is 20.0. The van der Waals surface area contributed by atoms with Gasteiger partial charge in [0.05, 0.1) is 12.8 Å². The molecule has 2 N–H and O–H groups in total. The molecule has 2 amide bonds. The van der Waals surface area contributed by atoms with Gasteiger partial charge in [0.1, 0.15) is 0 Å². The van der Waals surface area contributed by atoms with Crippen LogP contribution in [0.3, 0.4) is 0 Å². The monoisotopic (exact) mass is 395 g/mol. The SMILES string of the molecule is CS(=O)(=O)Nc1ccc(NC(=O)N(Cc2ccccc2)c2ccccc2)cc1. The van der Waals surface area contributed by atoms with E-state index >= 15 is 0 Å². The number of nitrogens with one attached hydrogen (secondary N) is 2. The predicted molar refractivity (Wildman–Crippen MR) is 113 cm³/mol. The first-order valence-corrected chi connectivity index (χ1v) is 10.6. The molecule has 6 nitrogen and oxygen atoms in total. The Labute approximate surface area is 164 Å². The van der Waals surface area contributed by atoms with Gasteiger partial charge in [-0.05, 0) is 42.0 Å². The van der Waals surface area contributed by atoms with Crippen LogP contribution in [-0.2, 0) is 16.6 Å². The van der Waals surface area contributed by atoms with E-state index in [1.54, 1.807) is 29.2 Å². The summed E-state index contributed by atoms with van der Waals surface area (Å²) in [7, 11) is -3.34. The molecule has 0 aliphatic rings. The summed E-state index contributed by atoms with van der Waals surface area (Å²) in [6, 6.07) is 25.4. The van der Waals surface area contributed by atoms with Crippen LogP contribution in [0.2, 0.25) is 0 Å². The molecule has 0 radical (unpaired) electrons. The largest absolute Gasteiger partial charge is 0.326 e. The van der Waals surface area contributed by atoms with Crippen molar-refractivity contribution < 1.29 is 13.2 Å². The Balaban J connectivity index is 1.77. The lowest BCUT2D eigenvalue weighted by atomic mass is 10.2. The van der Waals surface area contributed by atoms with Crippen molar-refractivity contribution in [3.05, 3.63) is 90.5 Å². The minimum absolute atomic E-state index is 0.279. The summed E-state index contributed by atoms with van der Waals surface area (Å²) in [5.41, 5.74) is 2.79. The van der Waals surface area contributed by atoms with Gasteiger partial charge in [-0.1, -0.05) is 48.5 Å². The Morgan fingerprint density at radius 3 is 1.93 bits per heavy atom. The summed E-state index contributed by atoms with van der Waals surface area (Å²) in [4.78, 5) is 14.6. The molecule has 0 aliphatic heterocycles. The van der Waals surface area contributed by atoms with Crippen LogP contribution < -0.4 is 14.9 Å². The summed E-state index contributed by atoms with van der Waals surface area (Å²) in [6.07, 6.45) is 1.09. The normalized spacial score (nSPS) is 10.9. The van der Waals surface area contributed by atoms with Gasteiger partial charge in [0.25, 0.3) is 0 Å². The maximum Gasteiger partial charge on any atom is 0.326 e. The van der Waals surface area contributed by atoms with E-state index in [-0.39, 0.29) is 6.03 Å². The zero-order valence-electron chi connectivity index (χ0n) is 15.4. The van der Waals surface area contributed by atoms with Crippen LogP contribution in [0.5, 0.6) is 0 Å². The number of amides is 2.